The van der Waals surface area contributed by atoms with Gasteiger partial charge < -0.3 is 49.5 Å². The number of nitrogens with two attached hydrogens (primary N) is 4. The van der Waals surface area contributed by atoms with Gasteiger partial charge in [0.05, 0.1) is 6.54 Å². The molecular formula is C40H49N11O5. The van der Waals surface area contributed by atoms with Crippen molar-refractivity contribution < 1.29 is 24.0 Å². The highest BCUT2D eigenvalue weighted by Crippen LogP contribution is 2.21. The van der Waals surface area contributed by atoms with E-state index in [1.807, 2.05) is 84.9 Å². The van der Waals surface area contributed by atoms with Gasteiger partial charge in [-0.15, -0.1) is 0 Å². The number of nitrogens with zero attached hydrogens (tertiary/aromatic N) is 2. The van der Waals surface area contributed by atoms with Crippen molar-refractivity contribution in [3.8, 4) is 0 Å². The van der Waals surface area contributed by atoms with Crippen molar-refractivity contribution in [1.82, 2.24) is 26.6 Å². The summed E-state index contributed by atoms with van der Waals surface area (Å²) in [5.41, 5.74) is 23.6. The monoisotopic (exact) mass is 763 g/mol. The van der Waals surface area contributed by atoms with Gasteiger partial charge in [-0.05, 0) is 58.4 Å². The van der Waals surface area contributed by atoms with Gasteiger partial charge >= 0.3 is 0 Å². The van der Waals surface area contributed by atoms with Crippen LogP contribution >= 0.6 is 0 Å². The molecule has 1 heterocycles. The molecule has 0 radical (unpaired) electrons. The third kappa shape index (κ3) is 11.6. The minimum atomic E-state index is -1.16. The fourth-order valence-electron chi connectivity index (χ4n) is 6.61. The molecular weight excluding hydrogens is 715 g/mol. The van der Waals surface area contributed by atoms with Crippen molar-refractivity contribution in [1.29, 1.82) is 0 Å². The average Bonchev–Trinajstić information content (AvgIpc) is 3.18. The molecule has 0 unspecified atom stereocenters. The van der Waals surface area contributed by atoms with Gasteiger partial charge in [0, 0.05) is 25.9 Å². The van der Waals surface area contributed by atoms with Crippen molar-refractivity contribution in [3.63, 3.8) is 0 Å². The van der Waals surface area contributed by atoms with Crippen LogP contribution in [0.3, 0.4) is 0 Å². The first-order valence-corrected chi connectivity index (χ1v) is 18.5. The van der Waals surface area contributed by atoms with E-state index in [9.17, 15) is 24.0 Å². The maximum atomic E-state index is 14.1. The van der Waals surface area contributed by atoms with E-state index in [1.165, 1.54) is 0 Å². The summed E-state index contributed by atoms with van der Waals surface area (Å²) in [4.78, 5) is 77.4. The lowest BCUT2D eigenvalue weighted by Gasteiger charge is -2.26. The van der Waals surface area contributed by atoms with Crippen LogP contribution < -0.4 is 49.5 Å². The molecule has 16 heteroatoms. The normalized spacial score (nSPS) is 19.7. The second-order valence-corrected chi connectivity index (χ2v) is 13.6. The smallest absolute Gasteiger partial charge is 0.243 e. The highest BCUT2D eigenvalue weighted by Gasteiger charge is 2.32. The highest BCUT2D eigenvalue weighted by molar-refractivity contribution is 5.98. The third-order valence-electron chi connectivity index (χ3n) is 9.42. The minimum Gasteiger partial charge on any atom is -0.370 e. The van der Waals surface area contributed by atoms with Crippen LogP contribution in [0.2, 0.25) is 0 Å². The summed E-state index contributed by atoms with van der Waals surface area (Å²) in [6.07, 6.45) is 0.936. The number of hydrogen-bond donors (Lipinski definition) is 9. The fraction of sp³-hybridized carbons (Fsp3) is 0.325. The van der Waals surface area contributed by atoms with Crippen molar-refractivity contribution in [3.05, 3.63) is 96.1 Å². The molecule has 1 aliphatic heterocycles. The maximum Gasteiger partial charge on any atom is 0.243 e. The number of carbonyl (C=O) groups excluding carboxylic acids is 5. The van der Waals surface area contributed by atoms with Crippen LogP contribution in [0.5, 0.6) is 0 Å². The number of amides is 5. The molecule has 13 N–H and O–H groups in total. The number of aliphatic imine (C=N–C) groups is 2. The molecule has 1 aliphatic rings. The Labute approximate surface area is 324 Å². The zero-order valence-electron chi connectivity index (χ0n) is 31.0. The Kier molecular flexibility index (Phi) is 14.1. The van der Waals surface area contributed by atoms with E-state index < -0.39 is 60.2 Å². The molecule has 4 atom stereocenters. The second kappa shape index (κ2) is 19.6. The molecule has 0 spiro atoms. The Morgan fingerprint density at radius 2 is 1.09 bits per heavy atom. The van der Waals surface area contributed by atoms with Crippen molar-refractivity contribution in [2.24, 2.45) is 32.9 Å². The number of nitrogens with one attached hydrogen (secondary N) is 5. The largest absolute Gasteiger partial charge is 0.370 e. The van der Waals surface area contributed by atoms with Crippen LogP contribution in [0, 0.1) is 0 Å². The number of fused-ring (bicyclic) bond motifs is 2. The number of carbonyl (C=O) groups is 5. The Hall–Kier alpha value is -6.71. The molecule has 1 saturated heterocycles. The zero-order valence-corrected chi connectivity index (χ0v) is 31.0. The maximum absolute atomic E-state index is 14.1. The summed E-state index contributed by atoms with van der Waals surface area (Å²) in [7, 11) is 0. The van der Waals surface area contributed by atoms with E-state index in [-0.39, 0.29) is 50.7 Å². The van der Waals surface area contributed by atoms with Gasteiger partial charge in [0.25, 0.3) is 0 Å². The molecule has 4 aromatic carbocycles. The van der Waals surface area contributed by atoms with Crippen molar-refractivity contribution in [2.75, 3.05) is 19.6 Å². The first-order valence-electron chi connectivity index (χ1n) is 18.5. The molecule has 56 heavy (non-hydrogen) atoms. The van der Waals surface area contributed by atoms with E-state index in [1.54, 1.807) is 0 Å². The molecule has 16 nitrogen and oxygen atoms in total. The average molecular weight is 764 g/mol. The predicted molar refractivity (Wildman–Crippen MR) is 216 cm³/mol. The molecule has 0 bridgehead atoms. The van der Waals surface area contributed by atoms with E-state index in [2.05, 4.69) is 36.6 Å². The lowest BCUT2D eigenvalue weighted by molar-refractivity contribution is -0.134. The zero-order chi connectivity index (χ0) is 40.0. The number of hydrogen-bond acceptors (Lipinski definition) is 7. The van der Waals surface area contributed by atoms with Crippen LogP contribution in [0.15, 0.2) is 94.9 Å². The predicted octanol–water partition coefficient (Wildman–Crippen LogP) is -0.0456. The third-order valence-corrected chi connectivity index (χ3v) is 9.42. The molecule has 0 saturated carbocycles. The van der Waals surface area contributed by atoms with Gasteiger partial charge in [0.1, 0.15) is 24.2 Å². The molecule has 4 aromatic rings. The summed E-state index contributed by atoms with van der Waals surface area (Å²) in [6, 6.07) is 22.2. The Balaban J connectivity index is 1.48. The van der Waals surface area contributed by atoms with Gasteiger partial charge in [-0.2, -0.15) is 0 Å². The highest BCUT2D eigenvalue weighted by atomic mass is 16.2. The fourth-order valence-corrected chi connectivity index (χ4v) is 6.61. The first-order chi connectivity index (χ1) is 27.0. The minimum absolute atomic E-state index is 0.0766. The Morgan fingerprint density at radius 3 is 1.73 bits per heavy atom. The summed E-state index contributed by atoms with van der Waals surface area (Å²) in [6.45, 7) is -0.139. The van der Waals surface area contributed by atoms with Gasteiger partial charge in [-0.1, -0.05) is 84.9 Å². The summed E-state index contributed by atoms with van der Waals surface area (Å²) in [5, 5.41) is 17.5. The Bertz CT molecular complexity index is 2110. The summed E-state index contributed by atoms with van der Waals surface area (Å²) >= 11 is 0. The van der Waals surface area contributed by atoms with E-state index in [0.717, 1.165) is 32.7 Å². The lowest BCUT2D eigenvalue weighted by Crippen LogP contribution is -2.58. The molecule has 294 valence electrons. The lowest BCUT2D eigenvalue weighted by atomic mass is 9.98. The van der Waals surface area contributed by atoms with Crippen LogP contribution in [0.1, 0.15) is 36.8 Å². The van der Waals surface area contributed by atoms with E-state index in [0.29, 0.717) is 12.8 Å². The van der Waals surface area contributed by atoms with Gasteiger partial charge in [0.15, 0.2) is 11.9 Å². The van der Waals surface area contributed by atoms with Gasteiger partial charge in [0.2, 0.25) is 29.5 Å². The molecule has 0 aromatic heterocycles. The van der Waals surface area contributed by atoms with E-state index >= 15 is 0 Å². The second-order valence-electron chi connectivity index (χ2n) is 13.6. The molecule has 0 aliphatic carbocycles. The van der Waals surface area contributed by atoms with Crippen LogP contribution in [-0.4, -0.2) is 85.3 Å². The Morgan fingerprint density at radius 1 is 0.554 bits per heavy atom. The SMILES string of the molecule is NC(N)=NCCC[C@@H]1NC(=O)[C@H](CCCN=C(N)N)NC(=O)[C@@H](Cc2cccc3ccccc23)NC(=O)CNC(=O)[C@H](Cc2ccc3ccccc3c2)NC1=O. The number of guanidine groups is 2. The molecule has 1 fully saturated rings. The number of benzene rings is 4. The molecule has 5 rings (SSSR count). The number of rotatable bonds is 12. The quantitative estimate of drug-likeness (QED) is 0.0531. The van der Waals surface area contributed by atoms with Crippen LogP contribution in [-0.2, 0) is 36.8 Å². The van der Waals surface area contributed by atoms with Crippen molar-refractivity contribution in [2.45, 2.75) is 62.7 Å². The summed E-state index contributed by atoms with van der Waals surface area (Å²) < 4.78 is 0. The summed E-state index contributed by atoms with van der Waals surface area (Å²) in [5.74, 6) is -3.48. The van der Waals surface area contributed by atoms with Crippen LogP contribution in [0.4, 0.5) is 0 Å². The van der Waals surface area contributed by atoms with Gasteiger partial charge in [-0.25, -0.2) is 0 Å². The first kappa shape index (κ1) is 40.5. The molecule has 5 amide bonds. The standard InChI is InChI=1S/C40H49N11O5/c41-39(42)45-18-6-14-30-36(54)49-31(15-7-19-46-40(43)44)37(55)51-32(21-24-16-17-25-8-1-2-10-27(25)20-24)35(53)47-23-34(52)48-33(38(56)50-30)22-28-12-5-11-26-9-3-4-13-29(26)28/h1-5,8-13,16-17,20,30-33H,6-7,14-15,18-19,21-23H2,(H,47,53)(H,48,52)(H,49,54)(H,50,56)(H,51,55)(H4,41,42,45)(H4,43,44,46)/t30-,31-,32-,33+/m0/s1. The van der Waals surface area contributed by atoms with Crippen LogP contribution in [0.25, 0.3) is 21.5 Å². The van der Waals surface area contributed by atoms with Crippen molar-refractivity contribution >= 4 is 63.0 Å². The van der Waals surface area contributed by atoms with E-state index in [4.69, 9.17) is 22.9 Å². The topological polar surface area (TPSA) is 274 Å². The van der Waals surface area contributed by atoms with Gasteiger partial charge in [-0.3, -0.25) is 34.0 Å².